The second-order valence-electron chi connectivity index (χ2n) is 5.41. The molecule has 0 saturated carbocycles. The van der Waals surface area contributed by atoms with Crippen molar-refractivity contribution >= 4 is 0 Å². The molecular weight excluding hydrogens is 262 g/mol. The van der Waals surface area contributed by atoms with E-state index in [1.165, 1.54) is 6.42 Å². The highest BCUT2D eigenvalue weighted by Crippen LogP contribution is 2.24. The number of nitrogens with zero attached hydrogens (tertiary/aromatic N) is 1. The quantitative estimate of drug-likeness (QED) is 0.458. The van der Waals surface area contributed by atoms with Gasteiger partial charge in [0, 0.05) is 0 Å². The number of likely N-dealkylation sites (N-methyl/N-ethyl adjacent to an activating group) is 1. The zero-order valence-electron chi connectivity index (χ0n) is 12.5. The molecule has 20 heavy (non-hydrogen) atoms. The maximum absolute atomic E-state index is 10.2. The predicted octanol–water partition coefficient (Wildman–Crippen LogP) is -0.312. The van der Waals surface area contributed by atoms with Crippen LogP contribution in [0.4, 0.5) is 0 Å². The smallest absolute Gasteiger partial charge is 0.173 e. The lowest BCUT2D eigenvalue weighted by molar-refractivity contribution is -0.272. The van der Waals surface area contributed by atoms with Crippen molar-refractivity contribution in [1.29, 1.82) is 0 Å². The molecule has 1 unspecified atom stereocenters. The van der Waals surface area contributed by atoms with Crippen LogP contribution < -0.4 is 0 Å². The molecular formula is C14H29NO5. The fraction of sp³-hybridized carbons (Fsp3) is 1.00. The number of unbranched alkanes of at least 4 members (excludes halogenated alkanes) is 3. The lowest BCUT2D eigenvalue weighted by atomic mass is 9.95. The fourth-order valence-corrected chi connectivity index (χ4v) is 2.74. The Morgan fingerprint density at radius 2 is 1.70 bits per heavy atom. The summed E-state index contributed by atoms with van der Waals surface area (Å²) in [5.41, 5.74) is 0. The highest BCUT2D eigenvalue weighted by atomic mass is 16.6. The topological polar surface area (TPSA) is 93.4 Å². The summed E-state index contributed by atoms with van der Waals surface area (Å²) in [4.78, 5) is 1.93. The van der Waals surface area contributed by atoms with Gasteiger partial charge in [0.2, 0.25) is 0 Å². The Morgan fingerprint density at radius 3 is 2.25 bits per heavy atom. The first-order chi connectivity index (χ1) is 9.56. The molecule has 4 N–H and O–H groups in total. The van der Waals surface area contributed by atoms with Crippen molar-refractivity contribution in [3.63, 3.8) is 0 Å². The number of aliphatic hydroxyl groups excluding tert-OH is 4. The van der Waals surface area contributed by atoms with Crippen LogP contribution in [-0.2, 0) is 4.74 Å². The lowest BCUT2D eigenvalue weighted by Crippen LogP contribution is -2.64. The van der Waals surface area contributed by atoms with E-state index in [0.29, 0.717) is 6.54 Å². The van der Waals surface area contributed by atoms with E-state index in [-0.39, 0.29) is 0 Å². The van der Waals surface area contributed by atoms with E-state index in [1.54, 1.807) is 0 Å². The van der Waals surface area contributed by atoms with Gasteiger partial charge in [-0.3, -0.25) is 4.90 Å². The molecule has 0 aromatic rings. The Balaban J connectivity index is 2.60. The lowest BCUT2D eigenvalue weighted by Gasteiger charge is -2.45. The first-order valence-electron chi connectivity index (χ1n) is 7.61. The summed E-state index contributed by atoms with van der Waals surface area (Å²) < 4.78 is 5.19. The van der Waals surface area contributed by atoms with Gasteiger partial charge >= 0.3 is 0 Å². The van der Waals surface area contributed by atoms with E-state index in [4.69, 9.17) is 9.84 Å². The van der Waals surface area contributed by atoms with Gasteiger partial charge < -0.3 is 25.2 Å². The van der Waals surface area contributed by atoms with Gasteiger partial charge in [-0.1, -0.05) is 33.1 Å². The molecule has 6 heteroatoms. The molecule has 1 aliphatic rings. The summed E-state index contributed by atoms with van der Waals surface area (Å²) in [6.07, 6.45) is -0.0298. The van der Waals surface area contributed by atoms with E-state index >= 15 is 0 Å². The standard InChI is InChI=1S/C14H29NO5/c1-3-5-6-7-8-15(4-2)11-13(18)12(17)10(9-16)20-14(11)19/h10-14,16-19H,3-9H2,1-2H3/t10-,11-,12-,13-,14?/m1/s1. The molecule has 0 bridgehead atoms. The third kappa shape index (κ3) is 4.38. The first kappa shape index (κ1) is 17.8. The summed E-state index contributed by atoms with van der Waals surface area (Å²) >= 11 is 0. The molecule has 1 heterocycles. The SMILES string of the molecule is CCCCCCN(CC)[C@H]1C(O)O[C@H](CO)[C@@H](O)[C@@H]1O. The average molecular weight is 291 g/mol. The summed E-state index contributed by atoms with van der Waals surface area (Å²) in [6.45, 7) is 5.07. The van der Waals surface area contributed by atoms with Crippen LogP contribution >= 0.6 is 0 Å². The zero-order chi connectivity index (χ0) is 15.1. The Labute approximate surface area is 121 Å². The largest absolute Gasteiger partial charge is 0.394 e. The van der Waals surface area contributed by atoms with E-state index in [1.807, 2.05) is 11.8 Å². The third-order valence-electron chi connectivity index (χ3n) is 3.99. The number of rotatable bonds is 8. The van der Waals surface area contributed by atoms with Gasteiger partial charge in [-0.05, 0) is 19.5 Å². The highest BCUT2D eigenvalue weighted by molar-refractivity contribution is 4.93. The summed E-state index contributed by atoms with van der Waals surface area (Å²) in [7, 11) is 0. The van der Waals surface area contributed by atoms with Crippen molar-refractivity contribution in [3.05, 3.63) is 0 Å². The third-order valence-corrected chi connectivity index (χ3v) is 3.99. The fourth-order valence-electron chi connectivity index (χ4n) is 2.74. The van der Waals surface area contributed by atoms with Crippen molar-refractivity contribution in [3.8, 4) is 0 Å². The van der Waals surface area contributed by atoms with Gasteiger partial charge in [-0.15, -0.1) is 0 Å². The van der Waals surface area contributed by atoms with Gasteiger partial charge in [0.05, 0.1) is 12.6 Å². The Hall–Kier alpha value is -0.240. The summed E-state index contributed by atoms with van der Waals surface area (Å²) in [6, 6.07) is -0.653. The van der Waals surface area contributed by atoms with Gasteiger partial charge in [-0.2, -0.15) is 0 Å². The van der Waals surface area contributed by atoms with Gasteiger partial charge in [0.15, 0.2) is 6.29 Å². The molecule has 0 aromatic heterocycles. The van der Waals surface area contributed by atoms with E-state index in [2.05, 4.69) is 6.92 Å². The summed E-state index contributed by atoms with van der Waals surface area (Å²) in [5, 5.41) is 39.2. The van der Waals surface area contributed by atoms with E-state index in [0.717, 1.165) is 25.8 Å². The van der Waals surface area contributed by atoms with Crippen LogP contribution in [0.2, 0.25) is 0 Å². The number of hydrogen-bond donors (Lipinski definition) is 4. The maximum Gasteiger partial charge on any atom is 0.173 e. The molecule has 1 aliphatic heterocycles. The molecule has 5 atom stereocenters. The van der Waals surface area contributed by atoms with Crippen molar-refractivity contribution in [2.45, 2.75) is 70.2 Å². The summed E-state index contributed by atoms with van der Waals surface area (Å²) in [5.74, 6) is 0. The molecule has 120 valence electrons. The van der Waals surface area contributed by atoms with E-state index < -0.39 is 37.3 Å². The second kappa shape index (κ2) is 8.92. The zero-order valence-corrected chi connectivity index (χ0v) is 12.5. The molecule has 1 fully saturated rings. The van der Waals surface area contributed by atoms with Crippen molar-refractivity contribution < 1.29 is 25.2 Å². The Bertz CT molecular complexity index is 266. The Kier molecular flexibility index (Phi) is 7.94. The van der Waals surface area contributed by atoms with Gasteiger partial charge in [0.25, 0.3) is 0 Å². The van der Waals surface area contributed by atoms with Crippen LogP contribution in [-0.4, -0.2) is 75.7 Å². The molecule has 0 radical (unpaired) electrons. The van der Waals surface area contributed by atoms with Crippen LogP contribution in [0.1, 0.15) is 39.5 Å². The van der Waals surface area contributed by atoms with Crippen molar-refractivity contribution in [2.24, 2.45) is 0 Å². The average Bonchev–Trinajstić information content (AvgIpc) is 2.45. The maximum atomic E-state index is 10.2. The van der Waals surface area contributed by atoms with Crippen LogP contribution in [0.5, 0.6) is 0 Å². The predicted molar refractivity (Wildman–Crippen MR) is 75.2 cm³/mol. The van der Waals surface area contributed by atoms with Gasteiger partial charge in [-0.25, -0.2) is 0 Å². The molecule has 0 aliphatic carbocycles. The van der Waals surface area contributed by atoms with Crippen LogP contribution in [0, 0.1) is 0 Å². The molecule has 1 saturated heterocycles. The first-order valence-corrected chi connectivity index (χ1v) is 7.61. The number of aliphatic hydroxyl groups is 4. The normalized spacial score (nSPS) is 34.6. The van der Waals surface area contributed by atoms with E-state index in [9.17, 15) is 15.3 Å². The number of ether oxygens (including phenoxy) is 1. The molecule has 6 nitrogen and oxygen atoms in total. The molecule has 0 aromatic carbocycles. The van der Waals surface area contributed by atoms with Crippen LogP contribution in [0.3, 0.4) is 0 Å². The highest BCUT2D eigenvalue weighted by Gasteiger charge is 2.45. The monoisotopic (exact) mass is 291 g/mol. The minimum atomic E-state index is -1.20. The van der Waals surface area contributed by atoms with Crippen molar-refractivity contribution in [2.75, 3.05) is 19.7 Å². The molecule has 1 rings (SSSR count). The van der Waals surface area contributed by atoms with Crippen LogP contribution in [0.25, 0.3) is 0 Å². The van der Waals surface area contributed by atoms with Gasteiger partial charge in [0.1, 0.15) is 18.3 Å². The van der Waals surface area contributed by atoms with Crippen molar-refractivity contribution in [1.82, 2.24) is 4.90 Å². The second-order valence-corrected chi connectivity index (χ2v) is 5.41. The minimum Gasteiger partial charge on any atom is -0.394 e. The van der Waals surface area contributed by atoms with Crippen LogP contribution in [0.15, 0.2) is 0 Å². The minimum absolute atomic E-state index is 0.426. The number of hydrogen-bond acceptors (Lipinski definition) is 6. The Morgan fingerprint density at radius 1 is 1.00 bits per heavy atom. The molecule has 0 spiro atoms. The molecule has 0 amide bonds.